The highest BCUT2D eigenvalue weighted by Crippen LogP contribution is 2.70. The summed E-state index contributed by atoms with van der Waals surface area (Å²) in [6.07, 6.45) is 2.64. The number of fused-ring (bicyclic) bond motifs is 1. The SMILES string of the molecule is COc1ccc(COCC(=O)N2CC34CCC(CC3S2(=O)=O)C4(C)C)cc1. The molecule has 1 aromatic carbocycles. The molecule has 148 valence electrons. The van der Waals surface area contributed by atoms with Crippen molar-refractivity contribution in [3.63, 3.8) is 0 Å². The minimum Gasteiger partial charge on any atom is -0.497 e. The smallest absolute Gasteiger partial charge is 0.262 e. The van der Waals surface area contributed by atoms with Gasteiger partial charge in [0.1, 0.15) is 12.4 Å². The molecule has 1 heterocycles. The van der Waals surface area contributed by atoms with Gasteiger partial charge in [0.25, 0.3) is 5.91 Å². The Labute approximate surface area is 160 Å². The third kappa shape index (κ3) is 2.62. The van der Waals surface area contributed by atoms with Crippen molar-refractivity contribution in [2.24, 2.45) is 16.7 Å². The van der Waals surface area contributed by atoms with Gasteiger partial charge in [-0.25, -0.2) is 12.7 Å². The summed E-state index contributed by atoms with van der Waals surface area (Å²) in [6.45, 7) is 4.70. The number of carbonyl (C=O) groups is 1. The topological polar surface area (TPSA) is 72.9 Å². The summed E-state index contributed by atoms with van der Waals surface area (Å²) >= 11 is 0. The van der Waals surface area contributed by atoms with E-state index in [2.05, 4.69) is 13.8 Å². The van der Waals surface area contributed by atoms with Gasteiger partial charge >= 0.3 is 0 Å². The normalized spacial score (nSPS) is 32.5. The van der Waals surface area contributed by atoms with Crippen LogP contribution in [0.15, 0.2) is 24.3 Å². The Bertz CT molecular complexity index is 848. The fourth-order valence-electron chi connectivity index (χ4n) is 5.56. The molecule has 6 nitrogen and oxygen atoms in total. The second kappa shape index (κ2) is 6.21. The van der Waals surface area contributed by atoms with E-state index in [1.165, 1.54) is 0 Å². The summed E-state index contributed by atoms with van der Waals surface area (Å²) in [5.41, 5.74) is 0.578. The van der Waals surface area contributed by atoms with Crippen molar-refractivity contribution in [1.29, 1.82) is 0 Å². The number of benzene rings is 1. The van der Waals surface area contributed by atoms with Gasteiger partial charge < -0.3 is 9.47 Å². The van der Waals surface area contributed by atoms with Gasteiger partial charge in [-0.1, -0.05) is 26.0 Å². The summed E-state index contributed by atoms with van der Waals surface area (Å²) in [7, 11) is -1.99. The lowest BCUT2D eigenvalue weighted by Gasteiger charge is -2.36. The van der Waals surface area contributed by atoms with Crippen LogP contribution in [0.1, 0.15) is 38.7 Å². The first kappa shape index (κ1) is 18.7. The molecule has 0 N–H and O–H groups in total. The number of ether oxygens (including phenoxy) is 2. The monoisotopic (exact) mass is 393 g/mol. The van der Waals surface area contributed by atoms with Gasteiger partial charge in [-0.3, -0.25) is 4.79 Å². The fraction of sp³-hybridized carbons (Fsp3) is 0.650. The molecule has 0 radical (unpaired) electrons. The fourth-order valence-corrected chi connectivity index (χ4v) is 8.16. The minimum atomic E-state index is -3.59. The molecule has 1 saturated heterocycles. The summed E-state index contributed by atoms with van der Waals surface area (Å²) in [5, 5.41) is -0.413. The van der Waals surface area contributed by atoms with Crippen molar-refractivity contribution in [3.05, 3.63) is 29.8 Å². The van der Waals surface area contributed by atoms with Crippen LogP contribution in [0.2, 0.25) is 0 Å². The van der Waals surface area contributed by atoms with Crippen LogP contribution in [0, 0.1) is 16.7 Å². The molecule has 1 amide bonds. The summed E-state index contributed by atoms with van der Waals surface area (Å²) in [6, 6.07) is 7.37. The number of methoxy groups -OCH3 is 1. The first-order valence-corrected chi connectivity index (χ1v) is 11.0. The second-order valence-corrected chi connectivity index (χ2v) is 10.7. The zero-order chi connectivity index (χ0) is 19.4. The van der Waals surface area contributed by atoms with Crippen LogP contribution in [0.3, 0.4) is 0 Å². The average molecular weight is 394 g/mol. The number of nitrogens with zero attached hydrogens (tertiary/aromatic N) is 1. The molecule has 3 unspecified atom stereocenters. The zero-order valence-electron chi connectivity index (χ0n) is 16.1. The molecule has 27 heavy (non-hydrogen) atoms. The molecule has 0 aromatic heterocycles. The van der Waals surface area contributed by atoms with Crippen LogP contribution >= 0.6 is 0 Å². The highest BCUT2D eigenvalue weighted by Gasteiger charge is 2.72. The van der Waals surface area contributed by atoms with Crippen LogP contribution in [-0.2, 0) is 26.2 Å². The molecule has 1 aliphatic heterocycles. The van der Waals surface area contributed by atoms with E-state index in [4.69, 9.17) is 9.47 Å². The third-order valence-electron chi connectivity index (χ3n) is 7.38. The number of sulfonamides is 1. The Morgan fingerprint density at radius 3 is 2.56 bits per heavy atom. The molecule has 4 rings (SSSR count). The van der Waals surface area contributed by atoms with E-state index in [0.29, 0.717) is 18.9 Å². The van der Waals surface area contributed by atoms with Gasteiger partial charge in [-0.2, -0.15) is 0 Å². The van der Waals surface area contributed by atoms with E-state index in [0.717, 1.165) is 28.5 Å². The Kier molecular flexibility index (Phi) is 4.31. The van der Waals surface area contributed by atoms with Gasteiger partial charge in [-0.05, 0) is 48.3 Å². The molecular formula is C20H27NO5S. The Morgan fingerprint density at radius 1 is 1.26 bits per heavy atom. The lowest BCUT2D eigenvalue weighted by Crippen LogP contribution is -2.40. The third-order valence-corrected chi connectivity index (χ3v) is 9.69. The molecule has 2 saturated carbocycles. The maximum atomic E-state index is 13.0. The lowest BCUT2D eigenvalue weighted by atomic mass is 9.69. The standard InChI is InChI=1S/C20H27NO5S/c1-19(2)15-8-9-20(19)13-21(27(23,24)17(20)10-15)18(22)12-26-11-14-4-6-16(25-3)7-5-14/h4-7,15,17H,8-13H2,1-3H3. The van der Waals surface area contributed by atoms with E-state index in [9.17, 15) is 13.2 Å². The van der Waals surface area contributed by atoms with Crippen molar-refractivity contribution in [2.45, 2.75) is 45.0 Å². The van der Waals surface area contributed by atoms with E-state index in [-0.39, 0.29) is 24.0 Å². The minimum absolute atomic E-state index is 0.0380. The Morgan fingerprint density at radius 2 is 1.96 bits per heavy atom. The van der Waals surface area contributed by atoms with E-state index in [1.54, 1.807) is 7.11 Å². The van der Waals surface area contributed by atoms with Crippen molar-refractivity contribution < 1.29 is 22.7 Å². The van der Waals surface area contributed by atoms with Crippen LogP contribution < -0.4 is 4.74 Å². The lowest BCUT2D eigenvalue weighted by molar-refractivity contribution is -0.132. The van der Waals surface area contributed by atoms with Gasteiger partial charge in [-0.15, -0.1) is 0 Å². The van der Waals surface area contributed by atoms with Crippen LogP contribution in [0.25, 0.3) is 0 Å². The van der Waals surface area contributed by atoms with E-state index < -0.39 is 21.2 Å². The largest absolute Gasteiger partial charge is 0.497 e. The molecule has 3 atom stereocenters. The first-order chi connectivity index (χ1) is 12.7. The predicted octanol–water partition coefficient (Wildman–Crippen LogP) is 2.58. The van der Waals surface area contributed by atoms with Crippen molar-refractivity contribution in [2.75, 3.05) is 20.3 Å². The van der Waals surface area contributed by atoms with Crippen LogP contribution in [0.5, 0.6) is 5.75 Å². The maximum absolute atomic E-state index is 13.0. The zero-order valence-corrected chi connectivity index (χ0v) is 16.9. The number of hydrogen-bond acceptors (Lipinski definition) is 5. The summed E-state index contributed by atoms with van der Waals surface area (Å²) in [5.74, 6) is 0.744. The van der Waals surface area contributed by atoms with Gasteiger partial charge in [0, 0.05) is 12.0 Å². The highest BCUT2D eigenvalue weighted by molar-refractivity contribution is 7.90. The van der Waals surface area contributed by atoms with Crippen molar-refractivity contribution in [3.8, 4) is 5.75 Å². The molecular weight excluding hydrogens is 366 g/mol. The Balaban J connectivity index is 1.42. The molecule has 1 aromatic rings. The van der Waals surface area contributed by atoms with Crippen LogP contribution in [0.4, 0.5) is 0 Å². The van der Waals surface area contributed by atoms with E-state index in [1.807, 2.05) is 24.3 Å². The van der Waals surface area contributed by atoms with E-state index >= 15 is 0 Å². The number of rotatable bonds is 5. The number of carbonyl (C=O) groups excluding carboxylic acids is 1. The molecule has 7 heteroatoms. The first-order valence-electron chi connectivity index (χ1n) is 9.47. The maximum Gasteiger partial charge on any atom is 0.262 e. The van der Waals surface area contributed by atoms with Crippen LogP contribution in [-0.4, -0.2) is 44.1 Å². The number of hydrogen-bond donors (Lipinski definition) is 0. The van der Waals surface area contributed by atoms with Gasteiger partial charge in [0.05, 0.1) is 19.0 Å². The summed E-state index contributed by atoms with van der Waals surface area (Å²) in [4.78, 5) is 12.7. The summed E-state index contributed by atoms with van der Waals surface area (Å²) < 4.78 is 37.8. The number of amides is 1. The molecule has 2 aliphatic carbocycles. The van der Waals surface area contributed by atoms with Crippen molar-refractivity contribution in [1.82, 2.24) is 4.31 Å². The predicted molar refractivity (Wildman–Crippen MR) is 101 cm³/mol. The van der Waals surface area contributed by atoms with Crippen molar-refractivity contribution >= 4 is 15.9 Å². The average Bonchev–Trinajstić information content (AvgIpc) is 3.14. The molecule has 3 aliphatic rings. The molecule has 1 spiro atoms. The second-order valence-electron chi connectivity index (χ2n) is 8.62. The quantitative estimate of drug-likeness (QED) is 0.769. The highest BCUT2D eigenvalue weighted by atomic mass is 32.2. The van der Waals surface area contributed by atoms with Gasteiger partial charge in [0.15, 0.2) is 0 Å². The molecule has 2 bridgehead atoms. The Hall–Kier alpha value is -1.60. The molecule has 3 fully saturated rings. The van der Waals surface area contributed by atoms with Gasteiger partial charge in [0.2, 0.25) is 10.0 Å².